The molecular formula is C6H10F4O3S. The van der Waals surface area contributed by atoms with Crippen molar-refractivity contribution >= 4 is 10.1 Å². The first kappa shape index (κ1) is 13.6. The highest BCUT2D eigenvalue weighted by Crippen LogP contribution is 2.34. The van der Waals surface area contributed by atoms with Crippen molar-refractivity contribution in [3.8, 4) is 0 Å². The number of hydrogen-bond donors (Lipinski definition) is 1. The van der Waals surface area contributed by atoms with Gasteiger partial charge in [0.05, 0.1) is 6.42 Å². The first-order valence-electron chi connectivity index (χ1n) is 3.58. The fourth-order valence-electron chi connectivity index (χ4n) is 0.775. The average molecular weight is 238 g/mol. The van der Waals surface area contributed by atoms with Crippen LogP contribution < -0.4 is 0 Å². The second kappa shape index (κ2) is 3.65. The zero-order chi connectivity index (χ0) is 11.8. The molecule has 0 rings (SSSR count). The summed E-state index contributed by atoms with van der Waals surface area (Å²) in [5.74, 6) is -7.85. The predicted octanol–water partition coefficient (Wildman–Crippen LogP) is 1.94. The number of halogens is 4. The number of hydrogen-bond acceptors (Lipinski definition) is 2. The Balaban J connectivity index is 4.81. The Morgan fingerprint density at radius 2 is 1.64 bits per heavy atom. The largest absolute Gasteiger partial charge is 0.285 e. The van der Waals surface area contributed by atoms with Crippen molar-refractivity contribution in [1.29, 1.82) is 0 Å². The Labute approximate surface area is 78.9 Å². The second-order valence-corrected chi connectivity index (χ2v) is 4.90. The van der Waals surface area contributed by atoms with Crippen LogP contribution in [0.1, 0.15) is 20.3 Å². The lowest BCUT2D eigenvalue weighted by Crippen LogP contribution is -2.41. The molecular weight excluding hydrogens is 228 g/mol. The van der Waals surface area contributed by atoms with Crippen LogP contribution in [0.15, 0.2) is 0 Å². The van der Waals surface area contributed by atoms with Crippen LogP contribution in [0.3, 0.4) is 0 Å². The van der Waals surface area contributed by atoms with Crippen molar-refractivity contribution in [2.24, 2.45) is 0 Å². The fraction of sp³-hybridized carbons (Fsp3) is 1.00. The molecule has 1 N–H and O–H groups in total. The molecule has 1 atom stereocenters. The van der Waals surface area contributed by atoms with Gasteiger partial charge in [0.15, 0.2) is 0 Å². The maximum absolute atomic E-state index is 12.8. The molecule has 0 aliphatic rings. The number of alkyl halides is 4. The normalized spacial score (nSPS) is 16.8. The smallest absolute Gasteiger partial charge is 0.273 e. The van der Waals surface area contributed by atoms with Crippen LogP contribution >= 0.6 is 0 Å². The van der Waals surface area contributed by atoms with Crippen LogP contribution in [0.25, 0.3) is 0 Å². The molecule has 0 radical (unpaired) electrons. The van der Waals surface area contributed by atoms with Gasteiger partial charge in [-0.1, -0.05) is 0 Å². The lowest BCUT2D eigenvalue weighted by atomic mass is 10.1. The summed E-state index contributed by atoms with van der Waals surface area (Å²) in [6.07, 6.45) is -1.92. The SMILES string of the molecule is CC(C(F)(F)CC(C)(F)F)S(=O)(=O)O. The summed E-state index contributed by atoms with van der Waals surface area (Å²) >= 11 is 0. The van der Waals surface area contributed by atoms with Gasteiger partial charge >= 0.3 is 0 Å². The molecule has 0 saturated carbocycles. The van der Waals surface area contributed by atoms with Crippen molar-refractivity contribution in [2.75, 3.05) is 0 Å². The summed E-state index contributed by atoms with van der Waals surface area (Å²) in [7, 11) is -5.02. The highest BCUT2D eigenvalue weighted by Gasteiger charge is 2.49. The summed E-state index contributed by atoms with van der Waals surface area (Å²) in [6.45, 7) is 0.721. The van der Waals surface area contributed by atoms with E-state index in [4.69, 9.17) is 4.55 Å². The molecule has 0 aliphatic heterocycles. The van der Waals surface area contributed by atoms with Crippen molar-refractivity contribution in [1.82, 2.24) is 0 Å². The van der Waals surface area contributed by atoms with E-state index in [-0.39, 0.29) is 6.92 Å². The zero-order valence-corrected chi connectivity index (χ0v) is 8.28. The summed E-state index contributed by atoms with van der Waals surface area (Å²) in [5, 5.41) is -2.54. The Morgan fingerprint density at radius 3 is 1.86 bits per heavy atom. The van der Waals surface area contributed by atoms with Gasteiger partial charge in [0.25, 0.3) is 22.0 Å². The van der Waals surface area contributed by atoms with Crippen molar-refractivity contribution in [3.05, 3.63) is 0 Å². The average Bonchev–Trinajstić information content (AvgIpc) is 1.78. The van der Waals surface area contributed by atoms with Crippen LogP contribution in [-0.4, -0.2) is 30.1 Å². The highest BCUT2D eigenvalue weighted by molar-refractivity contribution is 7.86. The van der Waals surface area contributed by atoms with E-state index in [1.165, 1.54) is 0 Å². The Bertz CT molecular complexity index is 293. The molecule has 0 amide bonds. The van der Waals surface area contributed by atoms with Crippen LogP contribution in [-0.2, 0) is 10.1 Å². The standard InChI is InChI=1S/C6H10F4O3S/c1-4(14(11,12)13)6(9,10)3-5(2,7)8/h4H,3H2,1-2H3,(H,11,12,13). The minimum atomic E-state index is -5.02. The monoisotopic (exact) mass is 238 g/mol. The third kappa shape index (κ3) is 4.23. The van der Waals surface area contributed by atoms with E-state index in [2.05, 4.69) is 0 Å². The first-order chi connectivity index (χ1) is 5.86. The van der Waals surface area contributed by atoms with Gasteiger partial charge < -0.3 is 0 Å². The van der Waals surface area contributed by atoms with Crippen LogP contribution in [0.4, 0.5) is 17.6 Å². The summed E-state index contributed by atoms with van der Waals surface area (Å²) < 4.78 is 78.9. The van der Waals surface area contributed by atoms with Crippen molar-refractivity contribution < 1.29 is 30.5 Å². The maximum Gasteiger partial charge on any atom is 0.273 e. The Kier molecular flexibility index (Phi) is 3.55. The van der Waals surface area contributed by atoms with E-state index in [9.17, 15) is 26.0 Å². The molecule has 0 heterocycles. The predicted molar refractivity (Wildman–Crippen MR) is 41.2 cm³/mol. The van der Waals surface area contributed by atoms with E-state index in [0.29, 0.717) is 6.92 Å². The number of rotatable bonds is 4. The summed E-state index contributed by atoms with van der Waals surface area (Å²) in [5.41, 5.74) is 0. The molecule has 0 aromatic rings. The molecule has 0 saturated heterocycles. The van der Waals surface area contributed by atoms with Crippen molar-refractivity contribution in [2.45, 2.75) is 37.4 Å². The third-order valence-corrected chi connectivity index (χ3v) is 2.83. The Morgan fingerprint density at radius 1 is 1.29 bits per heavy atom. The van der Waals surface area contributed by atoms with Gasteiger partial charge in [-0.15, -0.1) is 0 Å². The van der Waals surface area contributed by atoms with E-state index in [1.807, 2.05) is 0 Å². The van der Waals surface area contributed by atoms with E-state index in [0.717, 1.165) is 0 Å². The van der Waals surface area contributed by atoms with Gasteiger partial charge in [-0.05, 0) is 13.8 Å². The van der Waals surface area contributed by atoms with E-state index < -0.39 is 33.6 Å². The molecule has 86 valence electrons. The molecule has 1 unspecified atom stereocenters. The molecule has 0 aromatic heterocycles. The zero-order valence-electron chi connectivity index (χ0n) is 7.47. The van der Waals surface area contributed by atoms with Gasteiger partial charge in [-0.2, -0.15) is 8.42 Å². The molecule has 14 heavy (non-hydrogen) atoms. The maximum atomic E-state index is 12.8. The minimum Gasteiger partial charge on any atom is -0.285 e. The molecule has 3 nitrogen and oxygen atoms in total. The van der Waals surface area contributed by atoms with Crippen molar-refractivity contribution in [3.63, 3.8) is 0 Å². The molecule has 0 fully saturated rings. The molecule has 0 bridgehead atoms. The van der Waals surface area contributed by atoms with Crippen LogP contribution in [0.2, 0.25) is 0 Å². The van der Waals surface area contributed by atoms with Crippen LogP contribution in [0.5, 0.6) is 0 Å². The summed E-state index contributed by atoms with van der Waals surface area (Å²) in [4.78, 5) is 0. The molecule has 0 aliphatic carbocycles. The van der Waals surface area contributed by atoms with Crippen LogP contribution in [0, 0.1) is 0 Å². The molecule has 0 aromatic carbocycles. The molecule has 8 heteroatoms. The van der Waals surface area contributed by atoms with E-state index in [1.54, 1.807) is 0 Å². The lowest BCUT2D eigenvalue weighted by Gasteiger charge is -2.23. The van der Waals surface area contributed by atoms with Gasteiger partial charge in [0.1, 0.15) is 5.25 Å². The molecule has 0 spiro atoms. The lowest BCUT2D eigenvalue weighted by molar-refractivity contribution is -0.100. The van der Waals surface area contributed by atoms with E-state index >= 15 is 0 Å². The highest BCUT2D eigenvalue weighted by atomic mass is 32.2. The van der Waals surface area contributed by atoms with Gasteiger partial charge in [-0.25, -0.2) is 17.6 Å². The minimum absolute atomic E-state index is 0.248. The van der Waals surface area contributed by atoms with Gasteiger partial charge in [0, 0.05) is 0 Å². The summed E-state index contributed by atoms with van der Waals surface area (Å²) in [6, 6.07) is 0. The second-order valence-electron chi connectivity index (χ2n) is 3.17. The fourth-order valence-corrected chi connectivity index (χ4v) is 1.29. The topological polar surface area (TPSA) is 54.4 Å². The quantitative estimate of drug-likeness (QED) is 0.601. The Hall–Kier alpha value is -0.370. The first-order valence-corrected chi connectivity index (χ1v) is 5.08. The van der Waals surface area contributed by atoms with Gasteiger partial charge in [-0.3, -0.25) is 4.55 Å². The third-order valence-electron chi connectivity index (χ3n) is 1.59. The van der Waals surface area contributed by atoms with Gasteiger partial charge in [0.2, 0.25) is 0 Å².